The predicted octanol–water partition coefficient (Wildman–Crippen LogP) is 4.89. The first-order valence-electron chi connectivity index (χ1n) is 9.78. The number of methoxy groups -OCH3 is 2. The maximum atomic E-state index is 13.2. The third-order valence-electron chi connectivity index (χ3n) is 5.10. The molecule has 1 N–H and O–H groups in total. The lowest BCUT2D eigenvalue weighted by atomic mass is 10.1. The number of nitrogens with one attached hydrogen (secondary N) is 1. The molecule has 0 aliphatic carbocycles. The number of hydrogen-bond acceptors (Lipinski definition) is 4. The SMILES string of the molecule is COc1cc(CCC(=O)Nc2cc(C(F)(F)F)ccc2N2CCCC2)cc(OC)c1. The summed E-state index contributed by atoms with van der Waals surface area (Å²) < 4.78 is 50.0. The standard InChI is InChI=1S/C22H25F3N2O3/c1-29-17-11-15(12-18(14-17)30-2)5-8-21(28)26-19-13-16(22(23,24)25)6-7-20(19)27-9-3-4-10-27/h6-7,11-14H,3-5,8-10H2,1-2H3,(H,26,28). The highest BCUT2D eigenvalue weighted by Crippen LogP contribution is 2.36. The van der Waals surface area contributed by atoms with Gasteiger partial charge in [0.15, 0.2) is 0 Å². The summed E-state index contributed by atoms with van der Waals surface area (Å²) >= 11 is 0. The molecule has 2 aromatic carbocycles. The molecule has 30 heavy (non-hydrogen) atoms. The zero-order valence-electron chi connectivity index (χ0n) is 17.0. The first kappa shape index (κ1) is 21.8. The number of anilines is 2. The molecule has 0 bridgehead atoms. The molecule has 2 aromatic rings. The van der Waals surface area contributed by atoms with Crippen molar-refractivity contribution in [1.29, 1.82) is 0 Å². The van der Waals surface area contributed by atoms with Gasteiger partial charge in [0.1, 0.15) is 11.5 Å². The summed E-state index contributed by atoms with van der Waals surface area (Å²) in [5, 5.41) is 2.68. The molecule has 0 atom stereocenters. The van der Waals surface area contributed by atoms with Gasteiger partial charge in [-0.25, -0.2) is 0 Å². The highest BCUT2D eigenvalue weighted by Gasteiger charge is 2.32. The monoisotopic (exact) mass is 422 g/mol. The molecule has 8 heteroatoms. The number of hydrogen-bond donors (Lipinski definition) is 1. The number of carbonyl (C=O) groups is 1. The van der Waals surface area contributed by atoms with Crippen LogP contribution in [0.15, 0.2) is 36.4 Å². The van der Waals surface area contributed by atoms with Crippen LogP contribution >= 0.6 is 0 Å². The van der Waals surface area contributed by atoms with Gasteiger partial charge in [0.2, 0.25) is 5.91 Å². The van der Waals surface area contributed by atoms with Crippen LogP contribution in [-0.4, -0.2) is 33.2 Å². The first-order chi connectivity index (χ1) is 14.3. The van der Waals surface area contributed by atoms with Crippen molar-refractivity contribution in [1.82, 2.24) is 0 Å². The molecule has 1 aliphatic rings. The second-order valence-electron chi connectivity index (χ2n) is 7.19. The highest BCUT2D eigenvalue weighted by molar-refractivity contribution is 5.94. The van der Waals surface area contributed by atoms with E-state index in [0.717, 1.165) is 43.6 Å². The Bertz CT molecular complexity index is 871. The Hall–Kier alpha value is -2.90. The van der Waals surface area contributed by atoms with E-state index in [4.69, 9.17) is 9.47 Å². The molecule has 0 spiro atoms. The Morgan fingerprint density at radius 1 is 1.03 bits per heavy atom. The lowest BCUT2D eigenvalue weighted by Crippen LogP contribution is -2.22. The van der Waals surface area contributed by atoms with Gasteiger partial charge in [-0.15, -0.1) is 0 Å². The van der Waals surface area contributed by atoms with Crippen LogP contribution in [0.25, 0.3) is 0 Å². The molecule has 0 aromatic heterocycles. The molecule has 1 aliphatic heterocycles. The number of alkyl halides is 3. The van der Waals surface area contributed by atoms with E-state index in [9.17, 15) is 18.0 Å². The molecular weight excluding hydrogens is 397 g/mol. The van der Waals surface area contributed by atoms with Crippen molar-refractivity contribution in [3.05, 3.63) is 47.5 Å². The zero-order valence-corrected chi connectivity index (χ0v) is 17.0. The summed E-state index contributed by atoms with van der Waals surface area (Å²) in [4.78, 5) is 14.6. The van der Waals surface area contributed by atoms with E-state index in [0.29, 0.717) is 23.6 Å². The lowest BCUT2D eigenvalue weighted by molar-refractivity contribution is -0.137. The third kappa shape index (κ3) is 5.37. The van der Waals surface area contributed by atoms with Gasteiger partial charge in [0, 0.05) is 25.6 Å². The highest BCUT2D eigenvalue weighted by atomic mass is 19.4. The van der Waals surface area contributed by atoms with Crippen LogP contribution in [-0.2, 0) is 17.4 Å². The predicted molar refractivity (Wildman–Crippen MR) is 109 cm³/mol. The van der Waals surface area contributed by atoms with E-state index in [-0.39, 0.29) is 18.0 Å². The first-order valence-corrected chi connectivity index (χ1v) is 9.78. The van der Waals surface area contributed by atoms with Crippen molar-refractivity contribution in [2.24, 2.45) is 0 Å². The summed E-state index contributed by atoms with van der Waals surface area (Å²) in [5.41, 5.74) is 0.875. The molecule has 1 heterocycles. The van der Waals surface area contributed by atoms with Gasteiger partial charge in [-0.1, -0.05) is 0 Å². The average Bonchev–Trinajstić information content (AvgIpc) is 3.26. The second-order valence-corrected chi connectivity index (χ2v) is 7.19. The van der Waals surface area contributed by atoms with Crippen molar-refractivity contribution in [3.63, 3.8) is 0 Å². The molecule has 0 radical (unpaired) electrons. The molecule has 0 unspecified atom stereocenters. The average molecular weight is 422 g/mol. The fourth-order valence-corrected chi connectivity index (χ4v) is 3.53. The smallest absolute Gasteiger partial charge is 0.416 e. The number of carbonyl (C=O) groups excluding carboxylic acids is 1. The van der Waals surface area contributed by atoms with Gasteiger partial charge in [-0.2, -0.15) is 13.2 Å². The number of aryl methyl sites for hydroxylation is 1. The van der Waals surface area contributed by atoms with Gasteiger partial charge in [-0.3, -0.25) is 4.79 Å². The quantitative estimate of drug-likeness (QED) is 0.690. The van der Waals surface area contributed by atoms with Crippen LogP contribution in [0, 0.1) is 0 Å². The fourth-order valence-electron chi connectivity index (χ4n) is 3.53. The molecule has 1 amide bonds. The molecule has 3 rings (SSSR count). The molecule has 162 valence electrons. The minimum Gasteiger partial charge on any atom is -0.497 e. The van der Waals surface area contributed by atoms with Crippen LogP contribution in [0.1, 0.15) is 30.4 Å². The van der Waals surface area contributed by atoms with Crippen molar-refractivity contribution in [3.8, 4) is 11.5 Å². The molecule has 0 saturated carbocycles. The van der Waals surface area contributed by atoms with E-state index in [1.54, 1.807) is 32.4 Å². The van der Waals surface area contributed by atoms with Crippen molar-refractivity contribution in [2.45, 2.75) is 31.9 Å². The number of amides is 1. The topological polar surface area (TPSA) is 50.8 Å². The summed E-state index contributed by atoms with van der Waals surface area (Å²) in [6.45, 7) is 1.52. The minimum atomic E-state index is -4.47. The van der Waals surface area contributed by atoms with Gasteiger partial charge >= 0.3 is 6.18 Å². The van der Waals surface area contributed by atoms with Crippen molar-refractivity contribution in [2.75, 3.05) is 37.5 Å². The molecule has 1 saturated heterocycles. The largest absolute Gasteiger partial charge is 0.497 e. The molecule has 5 nitrogen and oxygen atoms in total. The van der Waals surface area contributed by atoms with E-state index < -0.39 is 11.7 Å². The van der Waals surface area contributed by atoms with Crippen LogP contribution in [0.3, 0.4) is 0 Å². The maximum Gasteiger partial charge on any atom is 0.416 e. The summed E-state index contributed by atoms with van der Waals surface area (Å²) in [6, 6.07) is 8.85. The minimum absolute atomic E-state index is 0.117. The maximum absolute atomic E-state index is 13.2. The van der Waals surface area contributed by atoms with E-state index in [1.165, 1.54) is 6.07 Å². The Balaban J connectivity index is 1.75. The Labute approximate surface area is 173 Å². The van der Waals surface area contributed by atoms with Gasteiger partial charge in [-0.05, 0) is 55.2 Å². The second kappa shape index (κ2) is 9.28. The van der Waals surface area contributed by atoms with Crippen LogP contribution < -0.4 is 19.7 Å². The third-order valence-corrected chi connectivity index (χ3v) is 5.10. The van der Waals surface area contributed by atoms with Gasteiger partial charge in [0.25, 0.3) is 0 Å². The normalized spacial score (nSPS) is 14.0. The number of nitrogens with zero attached hydrogens (tertiary/aromatic N) is 1. The number of rotatable bonds is 7. The number of halogens is 3. The van der Waals surface area contributed by atoms with E-state index in [2.05, 4.69) is 5.32 Å². The Morgan fingerprint density at radius 3 is 2.23 bits per heavy atom. The number of ether oxygens (including phenoxy) is 2. The van der Waals surface area contributed by atoms with E-state index in [1.807, 2.05) is 4.90 Å². The Morgan fingerprint density at radius 2 is 1.67 bits per heavy atom. The Kier molecular flexibility index (Phi) is 6.74. The van der Waals surface area contributed by atoms with Gasteiger partial charge < -0.3 is 19.7 Å². The number of benzene rings is 2. The van der Waals surface area contributed by atoms with Crippen molar-refractivity contribution >= 4 is 17.3 Å². The summed E-state index contributed by atoms with van der Waals surface area (Å²) in [7, 11) is 3.08. The summed E-state index contributed by atoms with van der Waals surface area (Å²) in [5.74, 6) is 0.870. The summed E-state index contributed by atoms with van der Waals surface area (Å²) in [6.07, 6.45) is -2.00. The molecular formula is C22H25F3N2O3. The van der Waals surface area contributed by atoms with E-state index >= 15 is 0 Å². The fraction of sp³-hybridized carbons (Fsp3) is 0.409. The molecule has 1 fully saturated rings. The zero-order chi connectivity index (χ0) is 21.7. The van der Waals surface area contributed by atoms with Gasteiger partial charge in [0.05, 0.1) is 31.2 Å². The van der Waals surface area contributed by atoms with Crippen LogP contribution in [0.4, 0.5) is 24.5 Å². The van der Waals surface area contributed by atoms with Crippen LogP contribution in [0.5, 0.6) is 11.5 Å². The van der Waals surface area contributed by atoms with Crippen molar-refractivity contribution < 1.29 is 27.4 Å². The van der Waals surface area contributed by atoms with Crippen LogP contribution in [0.2, 0.25) is 0 Å². The lowest BCUT2D eigenvalue weighted by Gasteiger charge is -2.23.